The molecule has 1 saturated heterocycles. The van der Waals surface area contributed by atoms with Crippen LogP contribution in [0.15, 0.2) is 27.5 Å². The lowest BCUT2D eigenvalue weighted by atomic mass is 9.91. The molecule has 5 rings (SSSR count). The lowest BCUT2D eigenvalue weighted by Crippen LogP contribution is -2.39. The molecule has 4 heterocycles. The van der Waals surface area contributed by atoms with Crippen LogP contribution < -0.4 is 5.56 Å². The predicted molar refractivity (Wildman–Crippen MR) is 114 cm³/mol. The minimum absolute atomic E-state index is 0.00237. The average Bonchev–Trinajstić information content (AvgIpc) is 3.17. The van der Waals surface area contributed by atoms with E-state index in [1.54, 1.807) is 10.6 Å². The van der Waals surface area contributed by atoms with Gasteiger partial charge in [0.25, 0.3) is 5.56 Å². The summed E-state index contributed by atoms with van der Waals surface area (Å²) in [4.78, 5) is 20.0. The van der Waals surface area contributed by atoms with Crippen LogP contribution in [0.2, 0.25) is 0 Å². The van der Waals surface area contributed by atoms with E-state index >= 15 is 0 Å². The van der Waals surface area contributed by atoms with Gasteiger partial charge in [-0.25, -0.2) is 9.37 Å². The number of rotatable bonds is 4. The second-order valence-electron chi connectivity index (χ2n) is 8.77. The van der Waals surface area contributed by atoms with Gasteiger partial charge in [-0.3, -0.25) is 9.36 Å². The monoisotopic (exact) mass is 426 g/mol. The number of aliphatic hydroxyl groups is 1. The zero-order chi connectivity index (χ0) is 21.5. The van der Waals surface area contributed by atoms with Gasteiger partial charge in [-0.05, 0) is 57.8 Å². The van der Waals surface area contributed by atoms with Crippen LogP contribution in [-0.4, -0.2) is 50.5 Å². The molecule has 2 aliphatic rings. The molecule has 2 aliphatic heterocycles. The molecular weight excluding hydrogens is 399 g/mol. The number of fused-ring (bicyclic) bond motifs is 2. The molecule has 1 fully saturated rings. The van der Waals surface area contributed by atoms with Crippen molar-refractivity contribution in [3.05, 3.63) is 57.1 Å². The van der Waals surface area contributed by atoms with Gasteiger partial charge in [-0.1, -0.05) is 5.16 Å². The van der Waals surface area contributed by atoms with Gasteiger partial charge < -0.3 is 14.5 Å². The Hall–Kier alpha value is -2.58. The molecule has 31 heavy (non-hydrogen) atoms. The highest BCUT2D eigenvalue weighted by molar-refractivity contribution is 5.79. The quantitative estimate of drug-likeness (QED) is 0.690. The SMILES string of the molecule is Cc1nc2n(c(=O)c1CCN1CCC(c3noc4cc(F)ccc34)CC1)C[C@@H](O)CC2. The second kappa shape index (κ2) is 8.16. The molecule has 0 amide bonds. The van der Waals surface area contributed by atoms with Crippen molar-refractivity contribution in [2.45, 2.75) is 57.6 Å². The van der Waals surface area contributed by atoms with Crippen molar-refractivity contribution < 1.29 is 14.0 Å². The molecule has 0 radical (unpaired) electrons. The highest BCUT2D eigenvalue weighted by Crippen LogP contribution is 2.32. The van der Waals surface area contributed by atoms with E-state index < -0.39 is 6.10 Å². The minimum atomic E-state index is -0.467. The summed E-state index contributed by atoms with van der Waals surface area (Å²) in [6.45, 7) is 4.88. The predicted octanol–water partition coefficient (Wildman–Crippen LogP) is 2.56. The summed E-state index contributed by atoms with van der Waals surface area (Å²) in [5, 5.41) is 15.0. The summed E-state index contributed by atoms with van der Waals surface area (Å²) in [5.74, 6) is 0.765. The average molecular weight is 426 g/mol. The molecule has 0 aliphatic carbocycles. The highest BCUT2D eigenvalue weighted by atomic mass is 19.1. The van der Waals surface area contributed by atoms with Crippen LogP contribution >= 0.6 is 0 Å². The van der Waals surface area contributed by atoms with Crippen molar-refractivity contribution in [3.63, 3.8) is 0 Å². The Morgan fingerprint density at radius 2 is 2.06 bits per heavy atom. The molecule has 1 N–H and O–H groups in total. The first-order valence-corrected chi connectivity index (χ1v) is 11.0. The van der Waals surface area contributed by atoms with Gasteiger partial charge in [-0.2, -0.15) is 0 Å². The third-order valence-corrected chi connectivity index (χ3v) is 6.76. The van der Waals surface area contributed by atoms with Crippen LogP contribution in [0.3, 0.4) is 0 Å². The topological polar surface area (TPSA) is 84.4 Å². The number of halogens is 1. The Kier molecular flexibility index (Phi) is 5.35. The van der Waals surface area contributed by atoms with Gasteiger partial charge in [0, 0.05) is 41.6 Å². The smallest absolute Gasteiger partial charge is 0.257 e. The summed E-state index contributed by atoms with van der Waals surface area (Å²) in [7, 11) is 0. The second-order valence-corrected chi connectivity index (χ2v) is 8.77. The van der Waals surface area contributed by atoms with Gasteiger partial charge in [0.2, 0.25) is 0 Å². The maximum atomic E-state index is 13.4. The van der Waals surface area contributed by atoms with Gasteiger partial charge in [0.1, 0.15) is 11.6 Å². The van der Waals surface area contributed by atoms with Crippen molar-refractivity contribution in [1.82, 2.24) is 19.6 Å². The van der Waals surface area contributed by atoms with Gasteiger partial charge in [0.15, 0.2) is 5.58 Å². The summed E-state index contributed by atoms with van der Waals surface area (Å²) in [6, 6.07) is 4.58. The number of aliphatic hydroxyl groups excluding tert-OH is 1. The molecular formula is C23H27FN4O3. The van der Waals surface area contributed by atoms with Crippen LogP contribution in [-0.2, 0) is 19.4 Å². The van der Waals surface area contributed by atoms with Crippen molar-refractivity contribution in [3.8, 4) is 0 Å². The van der Waals surface area contributed by atoms with E-state index in [9.17, 15) is 14.3 Å². The highest BCUT2D eigenvalue weighted by Gasteiger charge is 2.26. The third-order valence-electron chi connectivity index (χ3n) is 6.76. The van der Waals surface area contributed by atoms with E-state index in [0.717, 1.165) is 60.6 Å². The van der Waals surface area contributed by atoms with E-state index in [-0.39, 0.29) is 11.4 Å². The van der Waals surface area contributed by atoms with Crippen molar-refractivity contribution in [2.75, 3.05) is 19.6 Å². The molecule has 164 valence electrons. The zero-order valence-corrected chi connectivity index (χ0v) is 17.7. The number of benzene rings is 1. The number of hydrogen-bond acceptors (Lipinski definition) is 6. The normalized spacial score (nSPS) is 20.3. The van der Waals surface area contributed by atoms with Crippen LogP contribution in [0.4, 0.5) is 4.39 Å². The van der Waals surface area contributed by atoms with Gasteiger partial charge >= 0.3 is 0 Å². The summed E-state index contributed by atoms with van der Waals surface area (Å²) in [5.41, 5.74) is 2.98. The molecule has 3 aromatic rings. The first-order valence-electron chi connectivity index (χ1n) is 11.0. The Morgan fingerprint density at radius 1 is 1.26 bits per heavy atom. The largest absolute Gasteiger partial charge is 0.391 e. The Morgan fingerprint density at radius 3 is 2.87 bits per heavy atom. The molecule has 0 unspecified atom stereocenters. The van der Waals surface area contributed by atoms with Gasteiger partial charge in [0.05, 0.1) is 18.3 Å². The molecule has 1 atom stereocenters. The lowest BCUT2D eigenvalue weighted by molar-refractivity contribution is 0.127. The molecule has 0 saturated carbocycles. The standard InChI is InChI=1S/C23H27FN4O3/c1-14-18(23(30)28-13-17(29)3-5-21(28)25-14)8-11-27-9-6-15(7-10-27)22-19-4-2-16(24)12-20(19)31-26-22/h2,4,12,15,17,29H,3,5-11,13H2,1H3/t17-/m0/s1. The first-order chi connectivity index (χ1) is 15.0. The van der Waals surface area contributed by atoms with Crippen LogP contribution in [0.25, 0.3) is 11.0 Å². The van der Waals surface area contributed by atoms with Crippen LogP contribution in [0.5, 0.6) is 0 Å². The third kappa shape index (κ3) is 3.90. The Balaban J connectivity index is 1.23. The Labute approximate surface area is 179 Å². The minimum Gasteiger partial charge on any atom is -0.391 e. The fourth-order valence-corrected chi connectivity index (χ4v) is 4.95. The van der Waals surface area contributed by atoms with Crippen molar-refractivity contribution >= 4 is 11.0 Å². The zero-order valence-electron chi connectivity index (χ0n) is 17.7. The van der Waals surface area contributed by atoms with Gasteiger partial charge in [-0.15, -0.1) is 0 Å². The fourth-order valence-electron chi connectivity index (χ4n) is 4.95. The number of aromatic nitrogens is 3. The molecule has 1 aromatic carbocycles. The van der Waals surface area contributed by atoms with Crippen molar-refractivity contribution in [2.24, 2.45) is 0 Å². The number of piperidine rings is 1. The van der Waals surface area contributed by atoms with E-state index in [1.165, 1.54) is 12.1 Å². The maximum absolute atomic E-state index is 13.4. The van der Waals surface area contributed by atoms with Crippen LogP contribution in [0, 0.1) is 12.7 Å². The number of aryl methyl sites for hydroxylation is 2. The molecule has 0 spiro atoms. The molecule has 2 aromatic heterocycles. The molecule has 7 nitrogen and oxygen atoms in total. The fraction of sp³-hybridized carbons (Fsp3) is 0.522. The summed E-state index contributed by atoms with van der Waals surface area (Å²) in [6.07, 6.45) is 3.40. The summed E-state index contributed by atoms with van der Waals surface area (Å²) < 4.78 is 20.4. The number of likely N-dealkylation sites (tertiary alicyclic amines) is 1. The molecule has 8 heteroatoms. The molecule has 0 bridgehead atoms. The number of hydrogen-bond donors (Lipinski definition) is 1. The van der Waals surface area contributed by atoms with E-state index in [4.69, 9.17) is 4.52 Å². The maximum Gasteiger partial charge on any atom is 0.257 e. The lowest BCUT2D eigenvalue weighted by Gasteiger charge is -2.31. The first kappa shape index (κ1) is 20.3. The number of nitrogens with zero attached hydrogens (tertiary/aromatic N) is 4. The van der Waals surface area contributed by atoms with Crippen molar-refractivity contribution in [1.29, 1.82) is 0 Å². The Bertz CT molecular complexity index is 1160. The summed E-state index contributed by atoms with van der Waals surface area (Å²) >= 11 is 0. The van der Waals surface area contributed by atoms with E-state index in [1.807, 2.05) is 6.92 Å². The van der Waals surface area contributed by atoms with E-state index in [2.05, 4.69) is 15.0 Å². The van der Waals surface area contributed by atoms with E-state index in [0.29, 0.717) is 37.3 Å². The van der Waals surface area contributed by atoms with Crippen LogP contribution in [0.1, 0.15) is 48.0 Å².